The lowest BCUT2D eigenvalue weighted by molar-refractivity contribution is -0.146. The van der Waals surface area contributed by atoms with Crippen LogP contribution in [0.5, 0.6) is 11.5 Å². The molecule has 3 rings (SSSR count). The molecule has 0 spiro atoms. The molecule has 3 aromatic carbocycles. The lowest BCUT2D eigenvalue weighted by atomic mass is 10.1. The van der Waals surface area contributed by atoms with Crippen molar-refractivity contribution in [1.82, 2.24) is 0 Å². The number of hydrogen-bond acceptors (Lipinski definition) is 10. The van der Waals surface area contributed by atoms with Crippen molar-refractivity contribution in [3.05, 3.63) is 48.0 Å². The normalized spacial score (nSPS) is 13.4. The number of aliphatic carboxylic acids is 1. The Hall–Kier alpha value is -3.63. The molecule has 0 bridgehead atoms. The maximum Gasteiger partial charge on any atom is 0.337 e. The maximum absolute atomic E-state index is 11.9. The van der Waals surface area contributed by atoms with Gasteiger partial charge in [0.05, 0.1) is 16.0 Å². The minimum absolute atomic E-state index is 0.219. The zero-order valence-corrected chi connectivity index (χ0v) is 17.7. The van der Waals surface area contributed by atoms with E-state index in [2.05, 4.69) is 10.2 Å². The number of phenolic OH excluding ortho intramolecular Hbond substituents is 2. The summed E-state index contributed by atoms with van der Waals surface area (Å²) in [5, 5.41) is 45.9. The molecule has 1 atom stereocenters. The summed E-state index contributed by atoms with van der Waals surface area (Å²) in [6, 6.07) is 7.22. The van der Waals surface area contributed by atoms with Crippen molar-refractivity contribution in [1.29, 1.82) is 0 Å². The number of aliphatic hydroxyl groups is 1. The molecule has 0 aliphatic heterocycles. The smallest absolute Gasteiger partial charge is 0.337 e. The van der Waals surface area contributed by atoms with Gasteiger partial charge in [-0.15, -0.1) is 10.2 Å². The predicted octanol–water partition coefficient (Wildman–Crippen LogP) is 2.28. The molecule has 0 amide bonds. The molecule has 0 heterocycles. The summed E-state index contributed by atoms with van der Waals surface area (Å²) in [5.41, 5.74) is -1.32. The number of fused-ring (bicyclic) bond motifs is 1. The van der Waals surface area contributed by atoms with Gasteiger partial charge in [0.25, 0.3) is 20.2 Å². The van der Waals surface area contributed by atoms with E-state index in [1.165, 1.54) is 24.3 Å². The zero-order chi connectivity index (χ0) is 24.7. The molecule has 0 radical (unpaired) electrons. The Bertz CT molecular complexity index is 1530. The van der Waals surface area contributed by atoms with E-state index in [0.717, 1.165) is 6.07 Å². The third-order valence-corrected chi connectivity index (χ3v) is 6.10. The molecule has 13 nitrogen and oxygen atoms in total. The van der Waals surface area contributed by atoms with Crippen molar-refractivity contribution in [3.63, 3.8) is 0 Å². The Morgan fingerprint density at radius 3 is 2.12 bits per heavy atom. The standard InChI is InChI=1S/C18H14N2O11S2/c21-12-7-9(32(26,27)28)5-8-6-13(33(29,30)31)15(17(23)14(8)12)20-19-11-4-2-1-3-10(11)16(22)18(24)25/h1-7,16,21-23H,(H,24,25)(H,26,27,28)(H,29,30,31). The zero-order valence-electron chi connectivity index (χ0n) is 16.1. The Morgan fingerprint density at radius 2 is 1.55 bits per heavy atom. The van der Waals surface area contributed by atoms with Gasteiger partial charge in [-0.3, -0.25) is 9.11 Å². The molecule has 174 valence electrons. The number of hydrogen-bond donors (Lipinski definition) is 6. The van der Waals surface area contributed by atoms with E-state index in [0.29, 0.717) is 12.1 Å². The molecular formula is C18H14N2O11S2. The predicted molar refractivity (Wildman–Crippen MR) is 110 cm³/mol. The molecule has 0 saturated heterocycles. The molecule has 0 fully saturated rings. The van der Waals surface area contributed by atoms with E-state index < -0.39 is 70.1 Å². The highest BCUT2D eigenvalue weighted by atomic mass is 32.2. The number of aromatic hydroxyl groups is 2. The van der Waals surface area contributed by atoms with E-state index in [4.69, 9.17) is 5.11 Å². The Morgan fingerprint density at radius 1 is 0.909 bits per heavy atom. The maximum atomic E-state index is 11.9. The molecule has 0 aliphatic rings. The molecular weight excluding hydrogens is 484 g/mol. The highest BCUT2D eigenvalue weighted by molar-refractivity contribution is 7.86. The molecule has 6 N–H and O–H groups in total. The van der Waals surface area contributed by atoms with Gasteiger partial charge < -0.3 is 20.4 Å². The minimum Gasteiger partial charge on any atom is -0.507 e. The average Bonchev–Trinajstić information content (AvgIpc) is 2.70. The number of azo groups is 1. The van der Waals surface area contributed by atoms with Crippen LogP contribution in [0.4, 0.5) is 11.4 Å². The second kappa shape index (κ2) is 8.38. The van der Waals surface area contributed by atoms with Gasteiger partial charge in [0.2, 0.25) is 0 Å². The van der Waals surface area contributed by atoms with Gasteiger partial charge in [-0.25, -0.2) is 4.79 Å². The van der Waals surface area contributed by atoms with Crippen LogP contribution in [0.15, 0.2) is 62.5 Å². The van der Waals surface area contributed by atoms with Crippen LogP contribution in [0, 0.1) is 0 Å². The van der Waals surface area contributed by atoms with E-state index in [9.17, 15) is 46.1 Å². The van der Waals surface area contributed by atoms with Crippen molar-refractivity contribution in [2.75, 3.05) is 0 Å². The lowest BCUT2D eigenvalue weighted by Crippen LogP contribution is -2.10. The van der Waals surface area contributed by atoms with Gasteiger partial charge >= 0.3 is 5.97 Å². The third-order valence-electron chi connectivity index (χ3n) is 4.40. The number of carbonyl (C=O) groups is 1. The number of carboxylic acid groups (broad SMARTS) is 1. The fourth-order valence-corrected chi connectivity index (χ4v) is 4.12. The van der Waals surface area contributed by atoms with Crippen molar-refractivity contribution in [2.24, 2.45) is 10.2 Å². The number of nitrogens with zero attached hydrogens (tertiary/aromatic N) is 2. The highest BCUT2D eigenvalue weighted by Crippen LogP contribution is 2.45. The number of aliphatic hydroxyl groups excluding tert-OH is 1. The van der Waals surface area contributed by atoms with Crippen LogP contribution in [0.1, 0.15) is 11.7 Å². The first-order valence-corrected chi connectivity index (χ1v) is 11.5. The van der Waals surface area contributed by atoms with Gasteiger partial charge in [-0.2, -0.15) is 16.8 Å². The molecule has 3 aromatic rings. The van der Waals surface area contributed by atoms with Gasteiger partial charge in [0.15, 0.2) is 11.9 Å². The topological polar surface area (TPSA) is 231 Å². The first-order chi connectivity index (χ1) is 15.2. The first-order valence-electron chi connectivity index (χ1n) is 8.61. The van der Waals surface area contributed by atoms with Crippen molar-refractivity contribution in [2.45, 2.75) is 15.9 Å². The molecule has 1 unspecified atom stereocenters. The average molecular weight is 498 g/mol. The largest absolute Gasteiger partial charge is 0.507 e. The number of carboxylic acids is 1. The first kappa shape index (κ1) is 24.0. The third kappa shape index (κ3) is 4.76. The monoisotopic (exact) mass is 498 g/mol. The summed E-state index contributed by atoms with van der Waals surface area (Å²) >= 11 is 0. The molecule has 0 saturated carbocycles. The summed E-state index contributed by atoms with van der Waals surface area (Å²) in [4.78, 5) is 9.22. The quantitative estimate of drug-likeness (QED) is 0.213. The van der Waals surface area contributed by atoms with Crippen LogP contribution in [-0.4, -0.2) is 52.3 Å². The molecule has 33 heavy (non-hydrogen) atoms. The van der Waals surface area contributed by atoms with Crippen LogP contribution < -0.4 is 0 Å². The summed E-state index contributed by atoms with van der Waals surface area (Å²) in [7, 11) is -9.93. The van der Waals surface area contributed by atoms with E-state index >= 15 is 0 Å². The van der Waals surface area contributed by atoms with Crippen LogP contribution >= 0.6 is 0 Å². The SMILES string of the molecule is O=C(O)C(O)c1ccccc1N=Nc1c(S(=O)(=O)O)cc2cc(S(=O)(=O)O)cc(O)c2c1O. The van der Waals surface area contributed by atoms with Crippen LogP contribution in [0.25, 0.3) is 10.8 Å². The van der Waals surface area contributed by atoms with Gasteiger partial charge in [0.1, 0.15) is 16.3 Å². The van der Waals surface area contributed by atoms with E-state index in [1.807, 2.05) is 0 Å². The van der Waals surface area contributed by atoms with Crippen molar-refractivity contribution in [3.8, 4) is 11.5 Å². The minimum atomic E-state index is -5.10. The molecule has 0 aliphatic carbocycles. The Kier molecular flexibility index (Phi) is 6.10. The Labute approximate surface area is 185 Å². The van der Waals surface area contributed by atoms with E-state index in [-0.39, 0.29) is 11.3 Å². The number of rotatable bonds is 6. The fourth-order valence-electron chi connectivity index (χ4n) is 2.93. The number of benzene rings is 3. The van der Waals surface area contributed by atoms with Crippen LogP contribution in [-0.2, 0) is 25.0 Å². The van der Waals surface area contributed by atoms with Crippen molar-refractivity contribution < 1.29 is 51.2 Å². The van der Waals surface area contributed by atoms with Gasteiger partial charge in [0, 0.05) is 11.6 Å². The number of phenols is 2. The van der Waals surface area contributed by atoms with Crippen molar-refractivity contribution >= 4 is 48.4 Å². The molecule has 0 aromatic heterocycles. The summed E-state index contributed by atoms with van der Waals surface area (Å²) in [6.07, 6.45) is -2.01. The Balaban J connectivity index is 2.31. The summed E-state index contributed by atoms with van der Waals surface area (Å²) in [5.74, 6) is -3.51. The summed E-state index contributed by atoms with van der Waals surface area (Å²) < 4.78 is 65.3. The highest BCUT2D eigenvalue weighted by Gasteiger charge is 2.26. The van der Waals surface area contributed by atoms with Crippen LogP contribution in [0.2, 0.25) is 0 Å². The van der Waals surface area contributed by atoms with E-state index in [1.54, 1.807) is 0 Å². The molecule has 15 heteroatoms. The second-order valence-electron chi connectivity index (χ2n) is 6.56. The van der Waals surface area contributed by atoms with Gasteiger partial charge in [-0.1, -0.05) is 18.2 Å². The van der Waals surface area contributed by atoms with Crippen LogP contribution in [0.3, 0.4) is 0 Å². The van der Waals surface area contributed by atoms with Gasteiger partial charge in [-0.05, 0) is 23.6 Å². The summed E-state index contributed by atoms with van der Waals surface area (Å²) in [6.45, 7) is 0. The second-order valence-corrected chi connectivity index (χ2v) is 9.37. The fraction of sp³-hybridized carbons (Fsp3) is 0.0556. The lowest BCUT2D eigenvalue weighted by Gasteiger charge is -2.12.